The van der Waals surface area contributed by atoms with E-state index in [1.807, 2.05) is 6.20 Å². The van der Waals surface area contributed by atoms with Crippen molar-refractivity contribution in [2.24, 2.45) is 14.1 Å². The zero-order valence-electron chi connectivity index (χ0n) is 26.2. The fourth-order valence-corrected chi connectivity index (χ4v) is 21.0. The van der Waals surface area contributed by atoms with Gasteiger partial charge in [0, 0.05) is 7.05 Å². The number of ether oxygens (including phenoxy) is 4. The molecule has 2 aromatic rings. The maximum atomic E-state index is 12.5. The number of rotatable bonds is 15. The molecule has 2 rings (SSSR count). The van der Waals surface area contributed by atoms with Crippen LogP contribution in [-0.2, 0) is 28.4 Å². The predicted octanol–water partition coefficient (Wildman–Crippen LogP) is 3.79. The van der Waals surface area contributed by atoms with Crippen LogP contribution in [0.2, 0.25) is 13.3 Å². The van der Waals surface area contributed by atoms with Gasteiger partial charge in [0.05, 0.1) is 39.4 Å². The van der Waals surface area contributed by atoms with E-state index in [1.54, 1.807) is 14.2 Å². The molecule has 0 aliphatic heterocycles. The monoisotopic (exact) mass is 684 g/mol. The van der Waals surface area contributed by atoms with Crippen molar-refractivity contribution < 1.29 is 23.7 Å². The topological polar surface area (TPSA) is 124 Å². The smallest absolute Gasteiger partial charge is 0.341 e. The molecule has 0 aliphatic rings. The molecule has 12 heteroatoms. The number of hydrogen-bond acceptors (Lipinski definition) is 9. The third-order valence-corrected chi connectivity index (χ3v) is 22.6. The minimum absolute atomic E-state index is 0.00111. The zero-order valence-corrected chi connectivity index (χ0v) is 29.1. The van der Waals surface area contributed by atoms with Crippen LogP contribution < -0.4 is 24.2 Å². The van der Waals surface area contributed by atoms with E-state index in [0.717, 1.165) is 4.68 Å². The largest absolute Gasteiger partial charge is 0.503 e. The Hall–Kier alpha value is -2.83. The molecule has 2 heterocycles. The summed E-state index contributed by atoms with van der Waals surface area (Å²) in [6, 6.07) is 0. The molecule has 230 valence electrons. The molecule has 0 fully saturated rings. The van der Waals surface area contributed by atoms with Gasteiger partial charge in [0.2, 0.25) is 0 Å². The van der Waals surface area contributed by atoms with Crippen molar-refractivity contribution in [3.63, 3.8) is 0 Å². The van der Waals surface area contributed by atoms with E-state index >= 15 is 0 Å². The number of nitrogens with zero attached hydrogens (tertiary/aromatic N) is 4. The average molecular weight is 683 g/mol. The van der Waals surface area contributed by atoms with Crippen LogP contribution >= 0.6 is 0 Å². The minimum Gasteiger partial charge on any atom is -0.503 e. The van der Waals surface area contributed by atoms with E-state index in [-0.39, 0.29) is 22.4 Å². The van der Waals surface area contributed by atoms with Gasteiger partial charge in [-0.2, -0.15) is 5.10 Å². The molecule has 0 bridgehead atoms. The van der Waals surface area contributed by atoms with E-state index in [0.29, 0.717) is 5.75 Å². The van der Waals surface area contributed by atoms with Gasteiger partial charge in [-0.25, -0.2) is 9.48 Å². The Bertz CT molecular complexity index is 1230. The molecule has 0 unspecified atom stereocenters. The van der Waals surface area contributed by atoms with Gasteiger partial charge in [-0.05, 0) is 0 Å². The third-order valence-electron chi connectivity index (χ3n) is 7.12. The zero-order chi connectivity index (χ0) is 31.0. The Morgan fingerprint density at radius 1 is 0.805 bits per heavy atom. The second-order valence-electron chi connectivity index (χ2n) is 9.89. The summed E-state index contributed by atoms with van der Waals surface area (Å²) in [5.74, 6) is -0.0620. The van der Waals surface area contributed by atoms with Gasteiger partial charge < -0.3 is 14.2 Å². The molecule has 41 heavy (non-hydrogen) atoms. The molecule has 0 radical (unpaired) electrons. The molecular formula is C29H48N4O7Sn. The molecule has 0 N–H and O–H groups in total. The van der Waals surface area contributed by atoms with Gasteiger partial charge in [-0.15, -0.1) is 0 Å². The molecule has 0 amide bonds. The van der Waals surface area contributed by atoms with E-state index in [4.69, 9.17) is 14.2 Å². The summed E-state index contributed by atoms with van der Waals surface area (Å²) >= 11 is -2.66. The number of aryl methyl sites for hydroxylation is 2. The van der Waals surface area contributed by atoms with Crippen LogP contribution in [0.15, 0.2) is 28.2 Å². The van der Waals surface area contributed by atoms with Crippen molar-refractivity contribution >= 4 is 33.5 Å². The predicted molar refractivity (Wildman–Crippen MR) is 164 cm³/mol. The fraction of sp³-hybridized carbons (Fsp3) is 0.621. The summed E-state index contributed by atoms with van der Waals surface area (Å²) in [5.41, 5.74) is -0.257. The number of unbranched alkanes of at least 4 members (excludes halogenated alkanes) is 3. The van der Waals surface area contributed by atoms with Gasteiger partial charge in [-0.1, -0.05) is 0 Å². The van der Waals surface area contributed by atoms with Crippen LogP contribution in [0.4, 0.5) is 0 Å². The van der Waals surface area contributed by atoms with Crippen molar-refractivity contribution in [2.75, 3.05) is 28.4 Å². The van der Waals surface area contributed by atoms with Crippen LogP contribution in [0.5, 0.6) is 11.5 Å². The Kier molecular flexibility index (Phi) is 16.4. The minimum atomic E-state index is -2.66. The van der Waals surface area contributed by atoms with Crippen LogP contribution in [-0.4, -0.2) is 72.3 Å². The molecule has 11 nitrogen and oxygen atoms in total. The summed E-state index contributed by atoms with van der Waals surface area (Å²) in [6.07, 6.45) is 11.9. The molecule has 0 spiro atoms. The van der Waals surface area contributed by atoms with E-state index in [2.05, 4.69) is 35.7 Å². The Morgan fingerprint density at radius 3 is 1.68 bits per heavy atom. The second kappa shape index (κ2) is 18.6. The molecule has 0 saturated heterocycles. The first-order valence-corrected chi connectivity index (χ1v) is 21.6. The molecule has 2 aromatic heterocycles. The summed E-state index contributed by atoms with van der Waals surface area (Å²) in [7, 11) is 8.76. The van der Waals surface area contributed by atoms with E-state index < -0.39 is 29.9 Å². The summed E-state index contributed by atoms with van der Waals surface area (Å²) in [6.45, 7) is 6.78. The molecular weight excluding hydrogens is 635 g/mol. The number of esters is 1. The third kappa shape index (κ3) is 9.61. The number of carbonyl (C=O) groups excluding carboxylic acids is 1. The number of carbonyl (C=O) groups is 1. The molecule has 0 aromatic carbocycles. The van der Waals surface area contributed by atoms with Crippen molar-refractivity contribution in [3.05, 3.63) is 44.9 Å². The maximum Gasteiger partial charge on any atom is 0.341 e. The maximum absolute atomic E-state index is 12.5. The summed E-state index contributed by atoms with van der Waals surface area (Å²) < 4.78 is 27.7. The second-order valence-corrected chi connectivity index (χ2v) is 23.0. The van der Waals surface area contributed by atoms with Crippen molar-refractivity contribution in [1.82, 2.24) is 19.6 Å². The summed E-state index contributed by atoms with van der Waals surface area (Å²) in [4.78, 5) is 35.9. The van der Waals surface area contributed by atoms with Crippen molar-refractivity contribution in [2.45, 2.75) is 72.6 Å². The standard InChI is InChI=1S/C11H14N2O5.C6H7N2O2.3C4H9.Sn/c1-13-10(14)9(17-3)7(5-12-13)8(6-16-2)11(15)18-4;1-8-6(9)5(10-2)3-4-7-8;3*1-3-4-2;/h5-6H,1-4H3;4H,1-2H3;3*1,3-4H2,2H3;/b8-6+;;;;;. The van der Waals surface area contributed by atoms with Gasteiger partial charge in [-0.3, -0.25) is 4.79 Å². The van der Waals surface area contributed by atoms with Crippen LogP contribution in [0.1, 0.15) is 64.9 Å². The Labute approximate surface area is 247 Å². The van der Waals surface area contributed by atoms with Crippen LogP contribution in [0, 0.1) is 0 Å². The van der Waals surface area contributed by atoms with Gasteiger partial charge >= 0.3 is 157 Å². The Morgan fingerprint density at radius 2 is 1.27 bits per heavy atom. The van der Waals surface area contributed by atoms with E-state index in [9.17, 15) is 14.4 Å². The normalized spacial score (nSPS) is 11.4. The van der Waals surface area contributed by atoms with Gasteiger partial charge in [0.25, 0.3) is 0 Å². The van der Waals surface area contributed by atoms with Crippen molar-refractivity contribution in [1.29, 1.82) is 0 Å². The number of hydrogen-bond donors (Lipinski definition) is 0. The summed E-state index contributed by atoms with van der Waals surface area (Å²) in [5, 5.41) is 8.18. The quantitative estimate of drug-likeness (QED) is 0.119. The first-order valence-electron chi connectivity index (χ1n) is 14.1. The fourth-order valence-electron chi connectivity index (χ4n) is 4.77. The number of aromatic nitrogens is 4. The van der Waals surface area contributed by atoms with Gasteiger partial charge in [0.1, 0.15) is 5.57 Å². The van der Waals surface area contributed by atoms with Crippen LogP contribution in [0.25, 0.3) is 5.57 Å². The van der Waals surface area contributed by atoms with Crippen molar-refractivity contribution in [3.8, 4) is 11.5 Å². The average Bonchev–Trinajstić information content (AvgIpc) is 2.98. The van der Waals surface area contributed by atoms with E-state index in [1.165, 1.54) is 101 Å². The first-order chi connectivity index (χ1) is 19.6. The van der Waals surface area contributed by atoms with Gasteiger partial charge in [0.15, 0.2) is 5.75 Å². The molecule has 0 aliphatic carbocycles. The Balaban J connectivity index is 0.000000422. The molecule has 0 atom stereocenters. The number of methoxy groups -OCH3 is 4. The SMILES string of the molecule is CCC[CH2][Sn]([CH2]CCC)([CH2]CCC)[c]1cnn(C)c(=O)c1OC.CO/C=C(/C(=O)OC)c1cnn(C)c(=O)c1OC. The first kappa shape index (κ1) is 36.2. The van der Waals surface area contributed by atoms with Crippen LogP contribution in [0.3, 0.4) is 0 Å². The molecule has 0 saturated carbocycles.